The number of likely N-dealkylation sites (N-methyl/N-ethyl adjacent to an activating group) is 1. The van der Waals surface area contributed by atoms with Crippen molar-refractivity contribution in [2.24, 2.45) is 0 Å². The van der Waals surface area contributed by atoms with E-state index in [1.165, 1.54) is 13.0 Å². The summed E-state index contributed by atoms with van der Waals surface area (Å²) >= 11 is 0. The minimum absolute atomic E-state index is 0.0564. The van der Waals surface area contributed by atoms with Gasteiger partial charge in [0.1, 0.15) is 6.10 Å². The molecule has 0 radical (unpaired) electrons. The number of ether oxygens (including phenoxy) is 1. The number of benzene rings is 1. The topological polar surface area (TPSA) is 63.2 Å². The third kappa shape index (κ3) is 4.78. The Bertz CT molecular complexity index is 1180. The Morgan fingerprint density at radius 2 is 2.03 bits per heavy atom. The summed E-state index contributed by atoms with van der Waals surface area (Å²) in [6.45, 7) is 8.90. The van der Waals surface area contributed by atoms with E-state index in [2.05, 4.69) is 32.0 Å². The first-order valence-electron chi connectivity index (χ1n) is 10.7. The van der Waals surface area contributed by atoms with Gasteiger partial charge in [-0.05, 0) is 44.5 Å². The quantitative estimate of drug-likeness (QED) is 0.521. The minimum atomic E-state index is -4.44. The molecule has 33 heavy (non-hydrogen) atoms. The molecule has 0 spiro atoms. The van der Waals surface area contributed by atoms with Gasteiger partial charge in [-0.15, -0.1) is 11.7 Å². The van der Waals surface area contributed by atoms with Crippen LogP contribution in [0.5, 0.6) is 5.88 Å². The van der Waals surface area contributed by atoms with Gasteiger partial charge in [0.05, 0.1) is 17.3 Å². The van der Waals surface area contributed by atoms with Crippen LogP contribution < -0.4 is 10.1 Å². The van der Waals surface area contributed by atoms with Crippen LogP contribution in [0.25, 0.3) is 10.8 Å². The SMILES string of the molecule is C=C[C@@H](Nc1nnc(C)c2cnc(O[C@H]3CCN(C)C3)cc12)c1cccc(C(F)(F)F)c1C. The Balaban J connectivity index is 1.69. The predicted octanol–water partition coefficient (Wildman–Crippen LogP) is 5.08. The molecule has 6 nitrogen and oxygen atoms in total. The number of likely N-dealkylation sites (tertiary alicyclic amines) is 1. The van der Waals surface area contributed by atoms with Gasteiger partial charge in [-0.1, -0.05) is 18.2 Å². The fraction of sp³-hybridized carbons (Fsp3) is 0.375. The van der Waals surface area contributed by atoms with Crippen LogP contribution in [0.1, 0.15) is 34.8 Å². The van der Waals surface area contributed by atoms with E-state index in [0.717, 1.165) is 36.3 Å². The molecule has 2 aromatic heterocycles. The van der Waals surface area contributed by atoms with Crippen molar-refractivity contribution in [3.63, 3.8) is 0 Å². The second kappa shape index (κ2) is 8.97. The average Bonchev–Trinajstić information content (AvgIpc) is 3.17. The minimum Gasteiger partial charge on any atom is -0.473 e. The molecule has 0 aliphatic carbocycles. The molecule has 1 fully saturated rings. The van der Waals surface area contributed by atoms with Crippen molar-refractivity contribution >= 4 is 16.6 Å². The maximum absolute atomic E-state index is 13.4. The highest BCUT2D eigenvalue weighted by Crippen LogP contribution is 2.36. The first-order valence-corrected chi connectivity index (χ1v) is 10.7. The van der Waals surface area contributed by atoms with Gasteiger partial charge in [0, 0.05) is 36.1 Å². The molecule has 1 N–H and O–H groups in total. The Kier molecular flexibility index (Phi) is 6.25. The smallest absolute Gasteiger partial charge is 0.416 e. The van der Waals surface area contributed by atoms with Crippen molar-refractivity contribution < 1.29 is 17.9 Å². The zero-order valence-corrected chi connectivity index (χ0v) is 18.8. The zero-order valence-electron chi connectivity index (χ0n) is 18.8. The van der Waals surface area contributed by atoms with Gasteiger partial charge in [-0.3, -0.25) is 0 Å². The molecule has 3 heterocycles. The molecular weight excluding hydrogens is 431 g/mol. The molecule has 1 aromatic carbocycles. The Morgan fingerprint density at radius 3 is 2.70 bits per heavy atom. The first-order chi connectivity index (χ1) is 15.7. The van der Waals surface area contributed by atoms with Crippen molar-refractivity contribution in [3.05, 3.63) is 65.5 Å². The van der Waals surface area contributed by atoms with Crippen LogP contribution in [0, 0.1) is 13.8 Å². The number of hydrogen-bond donors (Lipinski definition) is 1. The van der Waals surface area contributed by atoms with Gasteiger partial charge < -0.3 is 15.0 Å². The van der Waals surface area contributed by atoms with Crippen LogP contribution in [0.3, 0.4) is 0 Å². The lowest BCUT2D eigenvalue weighted by Gasteiger charge is -2.21. The second-order valence-corrected chi connectivity index (χ2v) is 8.37. The normalized spacial score (nSPS) is 17.8. The molecule has 0 amide bonds. The summed E-state index contributed by atoms with van der Waals surface area (Å²) in [6, 6.07) is 5.33. The van der Waals surface area contributed by atoms with Crippen molar-refractivity contribution in [3.8, 4) is 5.88 Å². The van der Waals surface area contributed by atoms with Crippen LogP contribution in [0.15, 0.2) is 43.1 Å². The largest absolute Gasteiger partial charge is 0.473 e. The number of hydrogen-bond acceptors (Lipinski definition) is 6. The van der Waals surface area contributed by atoms with Gasteiger partial charge in [-0.2, -0.15) is 18.3 Å². The number of nitrogens with zero attached hydrogens (tertiary/aromatic N) is 4. The summed E-state index contributed by atoms with van der Waals surface area (Å²) in [5.74, 6) is 0.900. The lowest BCUT2D eigenvalue weighted by Crippen LogP contribution is -2.21. The van der Waals surface area contributed by atoms with Crippen molar-refractivity contribution in [1.29, 1.82) is 0 Å². The highest BCUT2D eigenvalue weighted by atomic mass is 19.4. The standard InChI is InChI=1S/C24H26F3N5O/c1-5-21(17-7-6-8-20(14(17)2)24(25,26)27)29-23-18-11-22(33-16-9-10-32(4)13-16)28-12-19(18)15(3)30-31-23/h5-8,11-12,16,21H,1,9-10,13H2,2-4H3,(H,29,31)/t16-,21+/m0/s1. The van der Waals surface area contributed by atoms with Crippen LogP contribution in [-0.2, 0) is 6.18 Å². The maximum Gasteiger partial charge on any atom is 0.416 e. The lowest BCUT2D eigenvalue weighted by atomic mass is 9.96. The van der Waals surface area contributed by atoms with Crippen molar-refractivity contribution in [1.82, 2.24) is 20.1 Å². The molecule has 3 aromatic rings. The molecule has 1 aliphatic heterocycles. The molecule has 4 rings (SSSR count). The van der Waals surface area contributed by atoms with E-state index in [9.17, 15) is 13.2 Å². The van der Waals surface area contributed by atoms with E-state index in [0.29, 0.717) is 23.0 Å². The van der Waals surface area contributed by atoms with Crippen molar-refractivity contribution in [2.45, 2.75) is 38.6 Å². The van der Waals surface area contributed by atoms with Crippen LogP contribution in [0.4, 0.5) is 19.0 Å². The van der Waals surface area contributed by atoms with E-state index in [1.54, 1.807) is 24.4 Å². The average molecular weight is 458 g/mol. The third-order valence-electron chi connectivity index (χ3n) is 6.00. The Hall–Kier alpha value is -3.20. The van der Waals surface area contributed by atoms with E-state index in [-0.39, 0.29) is 11.7 Å². The summed E-state index contributed by atoms with van der Waals surface area (Å²) in [4.78, 5) is 6.62. The molecule has 1 aliphatic rings. The summed E-state index contributed by atoms with van der Waals surface area (Å²) in [5, 5.41) is 13.2. The number of aromatic nitrogens is 3. The predicted molar refractivity (Wildman–Crippen MR) is 121 cm³/mol. The summed E-state index contributed by atoms with van der Waals surface area (Å²) in [5.41, 5.74) is 0.633. The second-order valence-electron chi connectivity index (χ2n) is 8.37. The van der Waals surface area contributed by atoms with Gasteiger partial charge in [0.2, 0.25) is 5.88 Å². The number of fused-ring (bicyclic) bond motifs is 1. The number of nitrogens with one attached hydrogen (secondary N) is 1. The molecule has 174 valence electrons. The number of anilines is 1. The summed E-state index contributed by atoms with van der Waals surface area (Å²) in [6.07, 6.45) is -0.211. The molecule has 1 saturated heterocycles. The van der Waals surface area contributed by atoms with E-state index in [1.807, 2.05) is 14.0 Å². The molecule has 9 heteroatoms. The first kappa shape index (κ1) is 23.0. The van der Waals surface area contributed by atoms with Gasteiger partial charge in [-0.25, -0.2) is 4.98 Å². The van der Waals surface area contributed by atoms with Crippen LogP contribution in [0.2, 0.25) is 0 Å². The van der Waals surface area contributed by atoms with Gasteiger partial charge in [0.15, 0.2) is 5.82 Å². The molecule has 0 unspecified atom stereocenters. The van der Waals surface area contributed by atoms with E-state index >= 15 is 0 Å². The van der Waals surface area contributed by atoms with E-state index in [4.69, 9.17) is 4.74 Å². The Morgan fingerprint density at radius 1 is 1.24 bits per heavy atom. The number of aryl methyl sites for hydroxylation is 1. The number of rotatable bonds is 6. The molecule has 2 atom stereocenters. The fourth-order valence-electron chi connectivity index (χ4n) is 4.19. The summed E-state index contributed by atoms with van der Waals surface area (Å²) < 4.78 is 46.3. The van der Waals surface area contributed by atoms with Gasteiger partial charge in [0.25, 0.3) is 0 Å². The number of halogens is 3. The Labute approximate surface area is 190 Å². The highest BCUT2D eigenvalue weighted by molar-refractivity contribution is 5.93. The number of alkyl halides is 3. The van der Waals surface area contributed by atoms with Crippen molar-refractivity contribution in [2.75, 3.05) is 25.5 Å². The number of pyridine rings is 1. The fourth-order valence-corrected chi connectivity index (χ4v) is 4.19. The third-order valence-corrected chi connectivity index (χ3v) is 6.00. The lowest BCUT2D eigenvalue weighted by molar-refractivity contribution is -0.138. The molecule has 0 saturated carbocycles. The van der Waals surface area contributed by atoms with Crippen LogP contribution in [-0.4, -0.2) is 46.3 Å². The van der Waals surface area contributed by atoms with Gasteiger partial charge >= 0.3 is 6.18 Å². The molecular formula is C24H26F3N5O. The summed E-state index contributed by atoms with van der Waals surface area (Å²) in [7, 11) is 2.04. The highest BCUT2D eigenvalue weighted by Gasteiger charge is 2.33. The maximum atomic E-state index is 13.4. The zero-order chi connectivity index (χ0) is 23.8. The van der Waals surface area contributed by atoms with Crippen LogP contribution >= 0.6 is 0 Å². The van der Waals surface area contributed by atoms with E-state index < -0.39 is 17.8 Å². The monoisotopic (exact) mass is 457 g/mol. The molecule has 0 bridgehead atoms.